The number of nitrogens with zero attached hydrogens (tertiary/aromatic N) is 1. The van der Waals surface area contributed by atoms with Crippen molar-refractivity contribution in [1.29, 1.82) is 0 Å². The molecule has 0 heterocycles. The van der Waals surface area contributed by atoms with Crippen LogP contribution in [-0.4, -0.2) is 0 Å². The fourth-order valence-electron chi connectivity index (χ4n) is 6.53. The summed E-state index contributed by atoms with van der Waals surface area (Å²) in [6.45, 7) is 2.13. The maximum Gasteiger partial charge on any atom is 0.0467 e. The lowest BCUT2D eigenvalue weighted by Crippen LogP contribution is -2.10. The van der Waals surface area contributed by atoms with Crippen molar-refractivity contribution in [2.24, 2.45) is 0 Å². The third-order valence-electron chi connectivity index (χ3n) is 9.22. The Hall–Kier alpha value is -5.66. The van der Waals surface area contributed by atoms with E-state index in [-0.39, 0.29) is 0 Å². The van der Waals surface area contributed by atoms with Crippen molar-refractivity contribution in [2.45, 2.75) is 19.8 Å². The molecule has 7 aromatic rings. The number of anilines is 3. The Morgan fingerprint density at radius 1 is 0.326 bits per heavy atom. The van der Waals surface area contributed by atoms with Gasteiger partial charge in [-0.05, 0) is 124 Å². The van der Waals surface area contributed by atoms with Gasteiger partial charge in [-0.15, -0.1) is 0 Å². The molecule has 0 bridgehead atoms. The molecule has 0 radical (unpaired) electrons. The van der Waals surface area contributed by atoms with Crippen LogP contribution in [0.4, 0.5) is 17.1 Å². The van der Waals surface area contributed by atoms with E-state index in [1.165, 1.54) is 74.0 Å². The smallest absolute Gasteiger partial charge is 0.0467 e. The summed E-state index contributed by atoms with van der Waals surface area (Å²) in [6, 6.07) is 61.9. The van der Waals surface area contributed by atoms with Gasteiger partial charge < -0.3 is 4.90 Å². The van der Waals surface area contributed by atoms with Crippen LogP contribution >= 0.6 is 0 Å². The van der Waals surface area contributed by atoms with Crippen molar-refractivity contribution < 1.29 is 0 Å². The lowest BCUT2D eigenvalue weighted by Gasteiger charge is -2.26. The molecule has 1 aliphatic rings. The summed E-state index contributed by atoms with van der Waals surface area (Å²) in [5.74, 6) is 0. The van der Waals surface area contributed by atoms with E-state index in [1.54, 1.807) is 0 Å². The first kappa shape index (κ1) is 27.9. The number of rotatable bonds is 7. The molecule has 1 aliphatic carbocycles. The molecule has 0 saturated carbocycles. The molecule has 0 N–H and O–H groups in total. The van der Waals surface area contributed by atoms with Crippen LogP contribution in [0.2, 0.25) is 0 Å². The first-order valence-corrected chi connectivity index (χ1v) is 16.1. The van der Waals surface area contributed by atoms with E-state index >= 15 is 0 Å². The van der Waals surface area contributed by atoms with Gasteiger partial charge in [-0.2, -0.15) is 0 Å². The normalized spacial score (nSPS) is 11.8. The molecule has 0 fully saturated rings. The summed E-state index contributed by atoms with van der Waals surface area (Å²) in [6.07, 6.45) is 2.40. The lowest BCUT2D eigenvalue weighted by molar-refractivity contribution is 0.840. The zero-order chi connectivity index (χ0) is 30.9. The molecule has 0 unspecified atom stereocenters. The van der Waals surface area contributed by atoms with Gasteiger partial charge in [0.05, 0.1) is 0 Å². The Balaban J connectivity index is 1.11. The second-order valence-corrected chi connectivity index (χ2v) is 12.3. The molecular weight excluding hydrogens is 555 g/mol. The number of benzene rings is 7. The van der Waals surface area contributed by atoms with E-state index in [2.05, 4.69) is 182 Å². The van der Waals surface area contributed by atoms with Gasteiger partial charge >= 0.3 is 0 Å². The molecule has 0 saturated heterocycles. The van der Waals surface area contributed by atoms with Gasteiger partial charge in [-0.3, -0.25) is 0 Å². The molecule has 0 amide bonds. The van der Waals surface area contributed by atoms with Crippen LogP contribution < -0.4 is 4.90 Å². The molecule has 8 rings (SSSR count). The third kappa shape index (κ3) is 5.53. The highest BCUT2D eigenvalue weighted by atomic mass is 15.1. The summed E-state index contributed by atoms with van der Waals surface area (Å²) in [7, 11) is 0. The standard InChI is InChI=1S/C45H35N/c1-32-16-18-33(19-17-32)36-8-5-10-38(28-36)39-11-6-9-37(29-39)35-24-26-44(27-25-35)46(43-13-3-2-4-14-43)45-15-7-12-40(31-45)42-23-21-34-20-22-41(34)30-42/h2-19,21,23-31H,20,22H2,1H3. The minimum atomic E-state index is 1.13. The first-order chi connectivity index (χ1) is 22.7. The average Bonchev–Trinajstić information content (AvgIpc) is 3.10. The van der Waals surface area contributed by atoms with Crippen molar-refractivity contribution in [1.82, 2.24) is 0 Å². The second kappa shape index (κ2) is 12.0. The molecular formula is C45H35N. The molecule has 0 atom stereocenters. The zero-order valence-electron chi connectivity index (χ0n) is 26.0. The van der Waals surface area contributed by atoms with Crippen LogP contribution in [0.15, 0.2) is 170 Å². The molecule has 46 heavy (non-hydrogen) atoms. The highest BCUT2D eigenvalue weighted by molar-refractivity contribution is 5.82. The molecule has 0 spiro atoms. The van der Waals surface area contributed by atoms with Crippen LogP contribution in [0.5, 0.6) is 0 Å². The summed E-state index contributed by atoms with van der Waals surface area (Å²) in [5, 5.41) is 0. The van der Waals surface area contributed by atoms with Crippen molar-refractivity contribution in [3.8, 4) is 44.5 Å². The number of hydrogen-bond acceptors (Lipinski definition) is 1. The summed E-state index contributed by atoms with van der Waals surface area (Å²) >= 11 is 0. The second-order valence-electron chi connectivity index (χ2n) is 12.3. The van der Waals surface area contributed by atoms with E-state index in [0.29, 0.717) is 0 Å². The lowest BCUT2D eigenvalue weighted by atomic mass is 9.86. The fraction of sp³-hybridized carbons (Fsp3) is 0.0667. The van der Waals surface area contributed by atoms with Crippen LogP contribution in [0.25, 0.3) is 44.5 Å². The molecule has 7 aromatic carbocycles. The Morgan fingerprint density at radius 3 is 1.37 bits per heavy atom. The molecule has 1 heteroatoms. The predicted molar refractivity (Wildman–Crippen MR) is 195 cm³/mol. The highest BCUT2D eigenvalue weighted by Gasteiger charge is 2.16. The van der Waals surface area contributed by atoms with Crippen LogP contribution in [0.3, 0.4) is 0 Å². The Kier molecular flexibility index (Phi) is 7.28. The molecule has 1 nitrogen and oxygen atoms in total. The van der Waals surface area contributed by atoms with E-state index in [0.717, 1.165) is 17.1 Å². The monoisotopic (exact) mass is 589 g/mol. The van der Waals surface area contributed by atoms with Crippen molar-refractivity contribution in [2.75, 3.05) is 4.90 Å². The Labute approximate surface area is 272 Å². The van der Waals surface area contributed by atoms with Crippen LogP contribution in [0, 0.1) is 6.92 Å². The maximum atomic E-state index is 2.37. The minimum absolute atomic E-state index is 1.13. The highest BCUT2D eigenvalue weighted by Crippen LogP contribution is 2.38. The van der Waals surface area contributed by atoms with Gasteiger partial charge in [0.1, 0.15) is 0 Å². The van der Waals surface area contributed by atoms with E-state index < -0.39 is 0 Å². The van der Waals surface area contributed by atoms with Gasteiger partial charge in [0.2, 0.25) is 0 Å². The third-order valence-corrected chi connectivity index (χ3v) is 9.22. The van der Waals surface area contributed by atoms with Gasteiger partial charge in [-0.25, -0.2) is 0 Å². The van der Waals surface area contributed by atoms with E-state index in [9.17, 15) is 0 Å². The zero-order valence-corrected chi connectivity index (χ0v) is 26.0. The maximum absolute atomic E-state index is 2.37. The van der Waals surface area contributed by atoms with Crippen LogP contribution in [0.1, 0.15) is 16.7 Å². The Bertz CT molecular complexity index is 2140. The van der Waals surface area contributed by atoms with Gasteiger partial charge in [-0.1, -0.05) is 127 Å². The SMILES string of the molecule is Cc1ccc(-c2cccc(-c3cccc(-c4ccc(N(c5ccccc5)c5cccc(-c6ccc7c(c6)CC7)c5)cc4)c3)c2)cc1. The number of aryl methyl sites for hydroxylation is 3. The fourth-order valence-corrected chi connectivity index (χ4v) is 6.53. The summed E-state index contributed by atoms with van der Waals surface area (Å²) in [5.41, 5.74) is 17.5. The van der Waals surface area contributed by atoms with Crippen molar-refractivity contribution >= 4 is 17.1 Å². The van der Waals surface area contributed by atoms with Crippen molar-refractivity contribution in [3.05, 3.63) is 187 Å². The van der Waals surface area contributed by atoms with E-state index in [1.807, 2.05) is 0 Å². The summed E-state index contributed by atoms with van der Waals surface area (Å²) < 4.78 is 0. The van der Waals surface area contributed by atoms with Gasteiger partial charge in [0.15, 0.2) is 0 Å². The molecule has 0 aliphatic heterocycles. The Morgan fingerprint density at radius 2 is 0.783 bits per heavy atom. The topological polar surface area (TPSA) is 3.24 Å². The number of hydrogen-bond donors (Lipinski definition) is 0. The molecule has 0 aromatic heterocycles. The summed E-state index contributed by atoms with van der Waals surface area (Å²) in [4.78, 5) is 2.35. The van der Waals surface area contributed by atoms with E-state index in [4.69, 9.17) is 0 Å². The molecule has 220 valence electrons. The first-order valence-electron chi connectivity index (χ1n) is 16.1. The van der Waals surface area contributed by atoms with Gasteiger partial charge in [0.25, 0.3) is 0 Å². The average molecular weight is 590 g/mol. The van der Waals surface area contributed by atoms with Gasteiger partial charge in [0, 0.05) is 17.1 Å². The minimum Gasteiger partial charge on any atom is -0.310 e. The number of fused-ring (bicyclic) bond motifs is 1. The van der Waals surface area contributed by atoms with Crippen LogP contribution in [-0.2, 0) is 12.8 Å². The largest absolute Gasteiger partial charge is 0.310 e. The number of para-hydroxylation sites is 1. The van der Waals surface area contributed by atoms with Crippen molar-refractivity contribution in [3.63, 3.8) is 0 Å². The quantitative estimate of drug-likeness (QED) is 0.179. The predicted octanol–water partition coefficient (Wildman–Crippen LogP) is 12.2.